The first kappa shape index (κ1) is 20.5. The Hall–Kier alpha value is -0.850. The number of hydrogen-bond acceptors (Lipinski definition) is 4. The number of piperidine rings is 1. The summed E-state index contributed by atoms with van der Waals surface area (Å²) in [5.74, 6) is 1.01. The van der Waals surface area contributed by atoms with E-state index >= 15 is 0 Å². The second kappa shape index (κ2) is 8.69. The third-order valence-corrected chi connectivity index (χ3v) is 6.38. The second-order valence-corrected chi connectivity index (χ2v) is 8.01. The molecule has 2 unspecified atom stereocenters. The van der Waals surface area contributed by atoms with E-state index in [1.165, 1.54) is 0 Å². The first-order chi connectivity index (χ1) is 11.9. The molecule has 146 valence electrons. The third kappa shape index (κ3) is 4.47. The van der Waals surface area contributed by atoms with Crippen molar-refractivity contribution in [2.45, 2.75) is 64.2 Å². The van der Waals surface area contributed by atoms with Gasteiger partial charge in [-0.3, -0.25) is 4.99 Å². The van der Waals surface area contributed by atoms with Crippen LogP contribution in [0.3, 0.4) is 0 Å². The van der Waals surface area contributed by atoms with Crippen molar-refractivity contribution in [3.63, 3.8) is 0 Å². The van der Waals surface area contributed by atoms with E-state index in [4.69, 9.17) is 14.2 Å². The van der Waals surface area contributed by atoms with Crippen molar-refractivity contribution in [3.8, 4) is 0 Å². The van der Waals surface area contributed by atoms with Crippen LogP contribution in [-0.2, 0) is 14.2 Å². The molecule has 0 aromatic rings. The van der Waals surface area contributed by atoms with Gasteiger partial charge in [0, 0.05) is 59.0 Å². The number of likely N-dealkylation sites (tertiary alicyclic amines) is 1. The Morgan fingerprint density at radius 1 is 1.16 bits per heavy atom. The van der Waals surface area contributed by atoms with Gasteiger partial charge in [-0.2, -0.15) is 0 Å². The van der Waals surface area contributed by atoms with E-state index in [0.29, 0.717) is 12.1 Å². The molecule has 0 aromatic carbocycles. The average Bonchev–Trinajstić information content (AvgIpc) is 2.62. The smallest absolute Gasteiger partial charge is 0.193 e. The van der Waals surface area contributed by atoms with Crippen LogP contribution in [0, 0.1) is 5.41 Å². The number of rotatable bonds is 7. The largest absolute Gasteiger partial charge is 0.385 e. The van der Waals surface area contributed by atoms with Gasteiger partial charge in [0.05, 0.1) is 11.7 Å². The van der Waals surface area contributed by atoms with Gasteiger partial charge in [-0.25, -0.2) is 0 Å². The fourth-order valence-electron chi connectivity index (χ4n) is 3.86. The van der Waals surface area contributed by atoms with Crippen LogP contribution in [0.15, 0.2) is 4.99 Å². The monoisotopic (exact) mass is 355 g/mol. The van der Waals surface area contributed by atoms with E-state index in [2.05, 4.69) is 36.0 Å². The minimum absolute atomic E-state index is 0.0629. The van der Waals surface area contributed by atoms with Crippen molar-refractivity contribution in [2.75, 3.05) is 47.6 Å². The molecule has 1 N–H and O–H groups in total. The topological polar surface area (TPSA) is 55.3 Å². The van der Waals surface area contributed by atoms with Crippen molar-refractivity contribution in [2.24, 2.45) is 10.4 Å². The van der Waals surface area contributed by atoms with Crippen molar-refractivity contribution in [3.05, 3.63) is 0 Å². The fraction of sp³-hybridized carbons (Fsp3) is 0.947. The van der Waals surface area contributed by atoms with Gasteiger partial charge in [-0.05, 0) is 32.6 Å². The summed E-state index contributed by atoms with van der Waals surface area (Å²) in [7, 11) is 5.41. The first-order valence-electron chi connectivity index (χ1n) is 9.52. The van der Waals surface area contributed by atoms with Crippen LogP contribution in [0.5, 0.6) is 0 Å². The number of guanidine groups is 1. The Kier molecular flexibility index (Phi) is 7.11. The molecule has 2 rings (SSSR count). The molecule has 25 heavy (non-hydrogen) atoms. The lowest BCUT2D eigenvalue weighted by Crippen LogP contribution is -2.69. The highest BCUT2D eigenvalue weighted by Gasteiger charge is 2.58. The Morgan fingerprint density at radius 2 is 1.84 bits per heavy atom. The van der Waals surface area contributed by atoms with Crippen LogP contribution in [0.1, 0.15) is 46.5 Å². The Bertz CT molecular complexity index is 447. The number of ether oxygens (including phenoxy) is 3. The van der Waals surface area contributed by atoms with Gasteiger partial charge in [0.15, 0.2) is 5.96 Å². The highest BCUT2D eigenvalue weighted by Crippen LogP contribution is 2.51. The van der Waals surface area contributed by atoms with Crippen molar-refractivity contribution < 1.29 is 14.2 Å². The normalized spacial score (nSPS) is 30.2. The molecular formula is C19H37N3O3. The lowest BCUT2D eigenvalue weighted by molar-refractivity contribution is -0.177. The molecule has 0 bridgehead atoms. The molecule has 1 aliphatic carbocycles. The van der Waals surface area contributed by atoms with Crippen LogP contribution < -0.4 is 5.32 Å². The first-order valence-corrected chi connectivity index (χ1v) is 9.52. The lowest BCUT2D eigenvalue weighted by atomic mass is 9.56. The number of methoxy groups -OCH3 is 2. The van der Waals surface area contributed by atoms with Crippen LogP contribution in [0.4, 0.5) is 0 Å². The summed E-state index contributed by atoms with van der Waals surface area (Å²) in [6, 6.07) is 0.388. The zero-order valence-electron chi connectivity index (χ0n) is 16.9. The van der Waals surface area contributed by atoms with Gasteiger partial charge < -0.3 is 24.4 Å². The summed E-state index contributed by atoms with van der Waals surface area (Å²) >= 11 is 0. The van der Waals surface area contributed by atoms with Gasteiger partial charge in [0.1, 0.15) is 0 Å². The summed E-state index contributed by atoms with van der Waals surface area (Å²) in [6.07, 6.45) is 4.45. The Morgan fingerprint density at radius 3 is 2.36 bits per heavy atom. The SMILES string of the molecule is CN=C(NC1CC(C)(OC)C1(C)C)N1CCC(OCCCOC)CC1. The lowest BCUT2D eigenvalue weighted by Gasteiger charge is -2.59. The number of hydrogen-bond donors (Lipinski definition) is 1. The molecule has 0 amide bonds. The van der Waals surface area contributed by atoms with E-state index in [1.54, 1.807) is 7.11 Å². The van der Waals surface area contributed by atoms with E-state index in [9.17, 15) is 0 Å². The summed E-state index contributed by atoms with van der Waals surface area (Å²) in [6.45, 7) is 10.3. The number of nitrogens with one attached hydrogen (secondary N) is 1. The maximum absolute atomic E-state index is 5.95. The maximum Gasteiger partial charge on any atom is 0.193 e. The van der Waals surface area contributed by atoms with Crippen LogP contribution in [0.2, 0.25) is 0 Å². The molecule has 2 fully saturated rings. The van der Waals surface area contributed by atoms with Crippen molar-refractivity contribution >= 4 is 5.96 Å². The molecule has 1 aliphatic heterocycles. The second-order valence-electron chi connectivity index (χ2n) is 8.01. The molecule has 1 heterocycles. The third-order valence-electron chi connectivity index (χ3n) is 6.38. The summed E-state index contributed by atoms with van der Waals surface area (Å²) in [5.41, 5.74) is 0.0209. The highest BCUT2D eigenvalue weighted by atomic mass is 16.5. The van der Waals surface area contributed by atoms with Gasteiger partial charge in [-0.1, -0.05) is 13.8 Å². The quantitative estimate of drug-likeness (QED) is 0.431. The summed E-state index contributed by atoms with van der Waals surface area (Å²) < 4.78 is 16.7. The van der Waals surface area contributed by atoms with E-state index in [1.807, 2.05) is 14.2 Å². The minimum atomic E-state index is -0.0629. The average molecular weight is 356 g/mol. The van der Waals surface area contributed by atoms with Crippen molar-refractivity contribution in [1.29, 1.82) is 0 Å². The zero-order valence-corrected chi connectivity index (χ0v) is 16.9. The predicted molar refractivity (Wildman–Crippen MR) is 101 cm³/mol. The van der Waals surface area contributed by atoms with Crippen LogP contribution in [-0.4, -0.2) is 76.2 Å². The Labute approximate surface area is 153 Å². The van der Waals surface area contributed by atoms with Gasteiger partial charge in [0.25, 0.3) is 0 Å². The van der Waals surface area contributed by atoms with E-state index in [-0.39, 0.29) is 11.0 Å². The summed E-state index contributed by atoms with van der Waals surface area (Å²) in [5, 5.41) is 3.67. The maximum atomic E-state index is 5.95. The zero-order chi connectivity index (χ0) is 18.5. The minimum Gasteiger partial charge on any atom is -0.385 e. The van der Waals surface area contributed by atoms with Crippen LogP contribution in [0.25, 0.3) is 0 Å². The van der Waals surface area contributed by atoms with Gasteiger partial charge in [-0.15, -0.1) is 0 Å². The molecule has 0 radical (unpaired) electrons. The number of nitrogens with zero attached hydrogens (tertiary/aromatic N) is 2. The predicted octanol–water partition coefficient (Wildman–Crippen LogP) is 2.28. The van der Waals surface area contributed by atoms with Crippen LogP contribution >= 0.6 is 0 Å². The van der Waals surface area contributed by atoms with Gasteiger partial charge in [0.2, 0.25) is 0 Å². The molecule has 1 saturated carbocycles. The van der Waals surface area contributed by atoms with Crippen molar-refractivity contribution in [1.82, 2.24) is 10.2 Å². The molecule has 1 saturated heterocycles. The molecule has 0 aromatic heterocycles. The van der Waals surface area contributed by atoms with E-state index < -0.39 is 0 Å². The Balaban J connectivity index is 1.78. The fourth-order valence-corrected chi connectivity index (χ4v) is 3.86. The molecule has 0 spiro atoms. The standard InChI is InChI=1S/C19H37N3O3/c1-18(2)16(14-19(18,3)24-6)21-17(20-4)22-10-8-15(9-11-22)25-13-7-12-23-5/h15-16H,7-14H2,1-6H3,(H,20,21). The van der Waals surface area contributed by atoms with E-state index in [0.717, 1.165) is 57.9 Å². The molecule has 6 nitrogen and oxygen atoms in total. The summed E-state index contributed by atoms with van der Waals surface area (Å²) in [4.78, 5) is 6.87. The van der Waals surface area contributed by atoms with Gasteiger partial charge >= 0.3 is 0 Å². The molecule has 2 atom stereocenters. The highest BCUT2D eigenvalue weighted by molar-refractivity contribution is 5.80. The number of aliphatic imine (C=N–C) groups is 1. The molecule has 6 heteroatoms. The molecule has 2 aliphatic rings. The molecular weight excluding hydrogens is 318 g/mol.